The monoisotopic (exact) mass is 521 g/mol. The predicted octanol–water partition coefficient (Wildman–Crippen LogP) is 4.49. The predicted molar refractivity (Wildman–Crippen MR) is 144 cm³/mol. The second-order valence-electron chi connectivity index (χ2n) is 8.63. The summed E-state index contributed by atoms with van der Waals surface area (Å²) >= 11 is 0. The lowest BCUT2D eigenvalue weighted by Crippen LogP contribution is -2.39. The number of fused-ring (bicyclic) bond motifs is 1. The topological polar surface area (TPSA) is 90.7 Å². The van der Waals surface area contributed by atoms with Crippen LogP contribution in [-0.4, -0.2) is 49.1 Å². The number of benzene rings is 3. The van der Waals surface area contributed by atoms with Crippen molar-refractivity contribution in [1.29, 1.82) is 0 Å². The van der Waals surface area contributed by atoms with E-state index in [1.54, 1.807) is 73.7 Å². The lowest BCUT2D eigenvalue weighted by molar-refractivity contribution is 0.166. The zero-order valence-corrected chi connectivity index (χ0v) is 22.2. The third-order valence-corrected chi connectivity index (χ3v) is 8.14. The number of rotatable bonds is 10. The molecule has 1 heterocycles. The second kappa shape index (κ2) is 11.2. The summed E-state index contributed by atoms with van der Waals surface area (Å²) in [7, 11) is -2.44. The number of para-hydroxylation sites is 3. The van der Waals surface area contributed by atoms with Crippen LogP contribution in [0.15, 0.2) is 82.5 Å². The molecule has 194 valence electrons. The van der Waals surface area contributed by atoms with Crippen LogP contribution in [0.3, 0.4) is 0 Å². The highest BCUT2D eigenvalue weighted by molar-refractivity contribution is 7.89. The number of hydrogen-bond acceptors (Lipinski definition) is 6. The Kier molecular flexibility index (Phi) is 8.06. The van der Waals surface area contributed by atoms with Crippen molar-refractivity contribution >= 4 is 20.9 Å². The molecule has 0 saturated carbocycles. The third-order valence-electron chi connectivity index (χ3n) is 6.16. The molecule has 0 aliphatic rings. The summed E-state index contributed by atoms with van der Waals surface area (Å²) in [4.78, 5) is 18.9. The van der Waals surface area contributed by atoms with Gasteiger partial charge in [0.05, 0.1) is 40.7 Å². The summed E-state index contributed by atoms with van der Waals surface area (Å²) in [5.74, 6) is 0.783. The van der Waals surface area contributed by atoms with Gasteiger partial charge in [-0.3, -0.25) is 9.36 Å². The summed E-state index contributed by atoms with van der Waals surface area (Å²) in [5.41, 5.74) is 1.62. The van der Waals surface area contributed by atoms with Crippen LogP contribution in [0, 0.1) is 6.92 Å². The first-order valence-corrected chi connectivity index (χ1v) is 13.5. The first kappa shape index (κ1) is 26.5. The molecule has 1 aromatic heterocycles. The van der Waals surface area contributed by atoms with Gasteiger partial charge in [0.1, 0.15) is 11.6 Å². The van der Waals surface area contributed by atoms with E-state index in [9.17, 15) is 13.2 Å². The van der Waals surface area contributed by atoms with Crippen LogP contribution in [0.25, 0.3) is 16.6 Å². The van der Waals surface area contributed by atoms with Crippen LogP contribution >= 0.6 is 0 Å². The van der Waals surface area contributed by atoms with Gasteiger partial charge in [0.2, 0.25) is 10.0 Å². The van der Waals surface area contributed by atoms with Crippen LogP contribution in [0.5, 0.6) is 5.75 Å². The smallest absolute Gasteiger partial charge is 0.266 e. The fourth-order valence-electron chi connectivity index (χ4n) is 4.26. The van der Waals surface area contributed by atoms with Gasteiger partial charge in [0.25, 0.3) is 5.56 Å². The van der Waals surface area contributed by atoms with Crippen molar-refractivity contribution in [3.63, 3.8) is 0 Å². The van der Waals surface area contributed by atoms with E-state index >= 15 is 0 Å². The minimum absolute atomic E-state index is 0.0731. The van der Waals surface area contributed by atoms with Crippen LogP contribution in [0.4, 0.5) is 0 Å². The van der Waals surface area contributed by atoms with E-state index in [1.165, 1.54) is 16.0 Å². The van der Waals surface area contributed by atoms with Crippen molar-refractivity contribution in [2.75, 3.05) is 26.9 Å². The minimum atomic E-state index is -3.96. The quantitative estimate of drug-likeness (QED) is 0.305. The van der Waals surface area contributed by atoms with Gasteiger partial charge in [0.15, 0.2) is 0 Å². The van der Waals surface area contributed by atoms with Gasteiger partial charge in [-0.05, 0) is 57.2 Å². The van der Waals surface area contributed by atoms with Gasteiger partial charge in [-0.1, -0.05) is 42.0 Å². The molecule has 0 fully saturated rings. The number of aryl methyl sites for hydroxylation is 1. The second-order valence-corrected chi connectivity index (χ2v) is 10.5. The van der Waals surface area contributed by atoms with Gasteiger partial charge >= 0.3 is 0 Å². The summed E-state index contributed by atoms with van der Waals surface area (Å²) in [6, 6.07) is 20.1. The van der Waals surface area contributed by atoms with Crippen molar-refractivity contribution in [2.24, 2.45) is 0 Å². The Labute approximate surface area is 217 Å². The van der Waals surface area contributed by atoms with Crippen LogP contribution in [0.1, 0.15) is 31.3 Å². The Morgan fingerprint density at radius 1 is 1.00 bits per heavy atom. The molecule has 8 nitrogen and oxygen atoms in total. The van der Waals surface area contributed by atoms with Crippen molar-refractivity contribution in [2.45, 2.75) is 31.7 Å². The number of hydrogen-bond donors (Lipinski definition) is 0. The van der Waals surface area contributed by atoms with Crippen molar-refractivity contribution in [1.82, 2.24) is 13.9 Å². The van der Waals surface area contributed by atoms with E-state index in [2.05, 4.69) is 0 Å². The Bertz CT molecular complexity index is 1550. The lowest BCUT2D eigenvalue weighted by Gasteiger charge is -2.30. The van der Waals surface area contributed by atoms with Gasteiger partial charge in [-0.25, -0.2) is 13.4 Å². The van der Waals surface area contributed by atoms with Crippen molar-refractivity contribution in [3.8, 4) is 11.4 Å². The third kappa shape index (κ3) is 5.29. The lowest BCUT2D eigenvalue weighted by atomic mass is 10.2. The molecule has 9 heteroatoms. The van der Waals surface area contributed by atoms with E-state index in [0.29, 0.717) is 28.9 Å². The summed E-state index contributed by atoms with van der Waals surface area (Å²) in [6.45, 7) is 6.14. The molecule has 0 radical (unpaired) electrons. The molecule has 0 saturated heterocycles. The molecular weight excluding hydrogens is 490 g/mol. The maximum absolute atomic E-state index is 13.9. The number of ether oxygens (including phenoxy) is 2. The van der Waals surface area contributed by atoms with Gasteiger partial charge in [-0.15, -0.1) is 0 Å². The van der Waals surface area contributed by atoms with E-state index in [4.69, 9.17) is 14.5 Å². The highest BCUT2D eigenvalue weighted by Crippen LogP contribution is 2.31. The molecule has 0 spiro atoms. The largest absolute Gasteiger partial charge is 0.492 e. The first-order valence-electron chi connectivity index (χ1n) is 12.1. The molecule has 4 aromatic rings. The van der Waals surface area contributed by atoms with E-state index < -0.39 is 16.1 Å². The van der Waals surface area contributed by atoms with Crippen LogP contribution in [0.2, 0.25) is 0 Å². The maximum Gasteiger partial charge on any atom is 0.266 e. The average molecular weight is 522 g/mol. The average Bonchev–Trinajstić information content (AvgIpc) is 2.89. The molecule has 0 N–H and O–H groups in total. The normalized spacial score (nSPS) is 12.7. The molecule has 0 amide bonds. The number of methoxy groups -OCH3 is 1. The van der Waals surface area contributed by atoms with E-state index in [-0.39, 0.29) is 29.4 Å². The Morgan fingerprint density at radius 3 is 2.38 bits per heavy atom. The molecule has 0 bridgehead atoms. The Balaban J connectivity index is 1.97. The maximum atomic E-state index is 13.9. The molecule has 0 aliphatic carbocycles. The molecule has 3 aromatic carbocycles. The summed E-state index contributed by atoms with van der Waals surface area (Å²) in [6.07, 6.45) is 0. The standard InChI is InChI=1S/C28H31N3O5S/c1-5-36-26-13-9-8-12-25(26)31-27(29-24-11-7-6-10-23(24)28(31)32)21(3)30(18-19-35-4)37(33,34)22-16-14-20(2)15-17-22/h6-17,21H,5,18-19H2,1-4H3. The number of sulfonamides is 1. The fourth-order valence-corrected chi connectivity index (χ4v) is 5.84. The molecule has 0 aliphatic heterocycles. The molecule has 1 atom stereocenters. The Morgan fingerprint density at radius 2 is 1.68 bits per heavy atom. The van der Waals surface area contributed by atoms with Crippen LogP contribution < -0.4 is 10.3 Å². The zero-order valence-electron chi connectivity index (χ0n) is 21.4. The fraction of sp³-hybridized carbons (Fsp3) is 0.286. The Hall–Kier alpha value is -3.53. The van der Waals surface area contributed by atoms with Gasteiger partial charge in [-0.2, -0.15) is 4.31 Å². The number of nitrogens with zero attached hydrogens (tertiary/aromatic N) is 3. The van der Waals surface area contributed by atoms with E-state index in [0.717, 1.165) is 5.56 Å². The highest BCUT2D eigenvalue weighted by atomic mass is 32.2. The summed E-state index contributed by atoms with van der Waals surface area (Å²) in [5, 5.41) is 0.426. The molecule has 37 heavy (non-hydrogen) atoms. The van der Waals surface area contributed by atoms with Gasteiger partial charge < -0.3 is 9.47 Å². The molecule has 4 rings (SSSR count). The molecule has 1 unspecified atom stereocenters. The van der Waals surface area contributed by atoms with Crippen LogP contribution in [-0.2, 0) is 14.8 Å². The van der Waals surface area contributed by atoms with E-state index in [1.807, 2.05) is 19.9 Å². The SMILES string of the molecule is CCOc1ccccc1-n1c(C(C)N(CCOC)S(=O)(=O)c2ccc(C)cc2)nc2ccccc2c1=O. The van der Waals surface area contributed by atoms with Crippen molar-refractivity contribution < 1.29 is 17.9 Å². The highest BCUT2D eigenvalue weighted by Gasteiger charge is 2.33. The summed E-state index contributed by atoms with van der Waals surface area (Å²) < 4.78 is 41.6. The minimum Gasteiger partial charge on any atom is -0.492 e. The van der Waals surface area contributed by atoms with Crippen molar-refractivity contribution in [3.05, 3.63) is 94.5 Å². The molecular formula is C28H31N3O5S. The number of aromatic nitrogens is 2. The van der Waals surface area contributed by atoms with Gasteiger partial charge in [0, 0.05) is 13.7 Å². The first-order chi connectivity index (χ1) is 17.8. The zero-order chi connectivity index (χ0) is 26.6.